The van der Waals surface area contributed by atoms with Crippen LogP contribution in [0.2, 0.25) is 0 Å². The van der Waals surface area contributed by atoms with Crippen LogP contribution in [0.25, 0.3) is 22.6 Å². The zero-order chi connectivity index (χ0) is 23.6. The van der Waals surface area contributed by atoms with Crippen LogP contribution >= 0.6 is 0 Å². The van der Waals surface area contributed by atoms with E-state index in [-0.39, 0.29) is 22.2 Å². The van der Waals surface area contributed by atoms with Crippen LogP contribution < -0.4 is 18.9 Å². The van der Waals surface area contributed by atoms with Gasteiger partial charge in [-0.2, -0.15) is 5.10 Å². The topological polar surface area (TPSA) is 118 Å². The highest BCUT2D eigenvalue weighted by molar-refractivity contribution is 7.93. The second-order valence-corrected chi connectivity index (χ2v) is 8.58. The van der Waals surface area contributed by atoms with E-state index in [0.29, 0.717) is 17.1 Å². The first-order valence-corrected chi connectivity index (χ1v) is 11.2. The van der Waals surface area contributed by atoms with Crippen molar-refractivity contribution in [1.29, 1.82) is 0 Å². The maximum absolute atomic E-state index is 13.1. The minimum atomic E-state index is -4.10. The lowest BCUT2D eigenvalue weighted by atomic mass is 10.1. The molecule has 172 valence electrons. The smallest absolute Gasteiger partial charge is 0.270 e. The average molecular weight is 471 g/mol. The largest absolute Gasteiger partial charge is 0.496 e. The van der Waals surface area contributed by atoms with E-state index in [9.17, 15) is 8.42 Å². The number of rotatable bonds is 8. The van der Waals surface area contributed by atoms with Gasteiger partial charge < -0.3 is 18.7 Å². The Bertz CT molecular complexity index is 1370. The molecular weight excluding hydrogens is 448 g/mol. The standard InChI is InChI=1S/C22H22N4O6S/c1-26-11-10-16(23-26)14-8-9-17(29-2)15(12-14)20-13-21(24-32-20)25-33(27,28)22-18(30-3)6-5-7-19(22)31-4/h5-13H,1-4H3,(H,24,25). The van der Waals surface area contributed by atoms with Gasteiger partial charge in [0.25, 0.3) is 10.0 Å². The molecule has 0 aliphatic heterocycles. The van der Waals surface area contributed by atoms with Gasteiger partial charge in [-0.05, 0) is 36.4 Å². The van der Waals surface area contributed by atoms with E-state index < -0.39 is 10.0 Å². The molecule has 2 aromatic carbocycles. The monoisotopic (exact) mass is 470 g/mol. The van der Waals surface area contributed by atoms with Crippen molar-refractivity contribution in [3.05, 3.63) is 54.7 Å². The summed E-state index contributed by atoms with van der Waals surface area (Å²) in [5, 5.41) is 8.28. The van der Waals surface area contributed by atoms with E-state index >= 15 is 0 Å². The number of methoxy groups -OCH3 is 3. The zero-order valence-electron chi connectivity index (χ0n) is 18.4. The van der Waals surface area contributed by atoms with Crippen molar-refractivity contribution >= 4 is 15.8 Å². The minimum absolute atomic E-state index is 0.0109. The third-order valence-corrected chi connectivity index (χ3v) is 6.29. The summed E-state index contributed by atoms with van der Waals surface area (Å²) >= 11 is 0. The quantitative estimate of drug-likeness (QED) is 0.415. The summed E-state index contributed by atoms with van der Waals surface area (Å²) < 4.78 is 51.6. The number of sulfonamides is 1. The highest BCUT2D eigenvalue weighted by Gasteiger charge is 2.26. The predicted molar refractivity (Wildman–Crippen MR) is 121 cm³/mol. The van der Waals surface area contributed by atoms with Gasteiger partial charge in [0, 0.05) is 24.9 Å². The van der Waals surface area contributed by atoms with E-state index in [1.165, 1.54) is 39.5 Å². The summed E-state index contributed by atoms with van der Waals surface area (Å²) in [6.07, 6.45) is 1.84. The van der Waals surface area contributed by atoms with Crippen LogP contribution in [-0.2, 0) is 17.1 Å². The molecule has 11 heteroatoms. The molecule has 0 atom stereocenters. The van der Waals surface area contributed by atoms with Crippen molar-refractivity contribution in [1.82, 2.24) is 14.9 Å². The first kappa shape index (κ1) is 22.2. The second-order valence-electron chi connectivity index (χ2n) is 6.96. The summed E-state index contributed by atoms with van der Waals surface area (Å²) in [5.41, 5.74) is 2.20. The molecule has 0 saturated carbocycles. The maximum atomic E-state index is 13.1. The summed E-state index contributed by atoms with van der Waals surface area (Å²) in [6, 6.07) is 13.5. The summed E-state index contributed by atoms with van der Waals surface area (Å²) in [7, 11) is 2.03. The van der Waals surface area contributed by atoms with Crippen molar-refractivity contribution in [2.24, 2.45) is 7.05 Å². The summed E-state index contributed by atoms with van der Waals surface area (Å²) in [6.45, 7) is 0. The molecule has 0 radical (unpaired) electrons. The van der Waals surface area contributed by atoms with Crippen LogP contribution in [-0.4, -0.2) is 44.7 Å². The maximum Gasteiger partial charge on any atom is 0.270 e. The number of benzene rings is 2. The van der Waals surface area contributed by atoms with E-state index in [4.69, 9.17) is 18.7 Å². The molecule has 0 fully saturated rings. The summed E-state index contributed by atoms with van der Waals surface area (Å²) in [4.78, 5) is -0.144. The molecule has 0 aliphatic carbocycles. The van der Waals surface area contributed by atoms with Crippen molar-refractivity contribution in [3.8, 4) is 39.8 Å². The Kier molecular flexibility index (Phi) is 5.97. The lowest BCUT2D eigenvalue weighted by molar-refractivity contribution is 0.373. The number of aryl methyl sites for hydroxylation is 1. The molecule has 4 aromatic rings. The molecule has 0 aliphatic rings. The van der Waals surface area contributed by atoms with Crippen LogP contribution in [0.1, 0.15) is 0 Å². The fourth-order valence-electron chi connectivity index (χ4n) is 3.35. The van der Waals surface area contributed by atoms with Crippen LogP contribution in [0, 0.1) is 0 Å². The van der Waals surface area contributed by atoms with Crippen LogP contribution in [0.5, 0.6) is 17.2 Å². The number of nitrogens with zero attached hydrogens (tertiary/aromatic N) is 3. The molecular formula is C22H22N4O6S. The van der Waals surface area contributed by atoms with Gasteiger partial charge in [-0.25, -0.2) is 8.42 Å². The van der Waals surface area contributed by atoms with Gasteiger partial charge in [-0.3, -0.25) is 9.40 Å². The van der Waals surface area contributed by atoms with Crippen molar-refractivity contribution in [2.45, 2.75) is 4.90 Å². The van der Waals surface area contributed by atoms with Crippen LogP contribution in [0.4, 0.5) is 5.82 Å². The molecule has 1 N–H and O–H groups in total. The van der Waals surface area contributed by atoms with Gasteiger partial charge in [-0.15, -0.1) is 0 Å². The molecule has 2 heterocycles. The third kappa shape index (κ3) is 4.35. The molecule has 2 aromatic heterocycles. The Labute approximate surface area is 190 Å². The lowest BCUT2D eigenvalue weighted by Crippen LogP contribution is -2.15. The number of ether oxygens (including phenoxy) is 3. The van der Waals surface area contributed by atoms with Crippen LogP contribution in [0.15, 0.2) is 64.1 Å². The zero-order valence-corrected chi connectivity index (χ0v) is 19.2. The van der Waals surface area contributed by atoms with Crippen molar-refractivity contribution in [3.63, 3.8) is 0 Å². The molecule has 0 unspecified atom stereocenters. The molecule has 33 heavy (non-hydrogen) atoms. The van der Waals surface area contributed by atoms with Gasteiger partial charge in [-0.1, -0.05) is 11.2 Å². The highest BCUT2D eigenvalue weighted by atomic mass is 32.2. The fourth-order valence-corrected chi connectivity index (χ4v) is 4.66. The highest BCUT2D eigenvalue weighted by Crippen LogP contribution is 2.37. The van der Waals surface area contributed by atoms with Gasteiger partial charge in [0.1, 0.15) is 17.2 Å². The van der Waals surface area contributed by atoms with Gasteiger partial charge >= 0.3 is 0 Å². The molecule has 0 bridgehead atoms. The first-order valence-electron chi connectivity index (χ1n) is 9.75. The Morgan fingerprint density at radius 2 is 1.64 bits per heavy atom. The van der Waals surface area contributed by atoms with E-state index in [2.05, 4.69) is 15.0 Å². The number of hydrogen-bond donors (Lipinski definition) is 1. The molecule has 10 nitrogen and oxygen atoms in total. The third-order valence-electron chi connectivity index (χ3n) is 4.87. The van der Waals surface area contributed by atoms with Crippen molar-refractivity contribution < 1.29 is 27.2 Å². The van der Waals surface area contributed by atoms with Gasteiger partial charge in [0.15, 0.2) is 16.5 Å². The summed E-state index contributed by atoms with van der Waals surface area (Å²) in [5.74, 6) is 1.11. The Morgan fingerprint density at radius 3 is 2.24 bits per heavy atom. The SMILES string of the molecule is COc1ccc(-c2ccn(C)n2)cc1-c1cc(NS(=O)(=O)c2c(OC)cccc2OC)no1. The van der Waals surface area contributed by atoms with Gasteiger partial charge in [0.2, 0.25) is 0 Å². The predicted octanol–water partition coefficient (Wildman–Crippen LogP) is 3.57. The minimum Gasteiger partial charge on any atom is -0.496 e. The number of hydrogen-bond acceptors (Lipinski definition) is 8. The van der Waals surface area contributed by atoms with E-state index in [1.807, 2.05) is 31.4 Å². The normalized spacial score (nSPS) is 11.3. The number of aromatic nitrogens is 3. The Hall–Kier alpha value is -3.99. The molecule has 0 saturated heterocycles. The number of nitrogens with one attached hydrogen (secondary N) is 1. The van der Waals surface area contributed by atoms with Gasteiger partial charge in [0.05, 0.1) is 32.6 Å². The Balaban J connectivity index is 1.69. The molecule has 4 rings (SSSR count). The Morgan fingerprint density at radius 1 is 0.939 bits per heavy atom. The fraction of sp³-hybridized carbons (Fsp3) is 0.182. The second kappa shape index (κ2) is 8.87. The number of anilines is 1. The average Bonchev–Trinajstić information content (AvgIpc) is 3.46. The lowest BCUT2D eigenvalue weighted by Gasteiger charge is -2.13. The molecule has 0 spiro atoms. The van der Waals surface area contributed by atoms with Crippen molar-refractivity contribution in [2.75, 3.05) is 26.1 Å². The van der Waals surface area contributed by atoms with E-state index in [1.54, 1.807) is 16.8 Å². The van der Waals surface area contributed by atoms with E-state index in [0.717, 1.165) is 11.3 Å². The first-order chi connectivity index (χ1) is 15.9. The molecule has 0 amide bonds. The van der Waals surface area contributed by atoms with Crippen LogP contribution in [0.3, 0.4) is 0 Å².